The van der Waals surface area contributed by atoms with Crippen LogP contribution < -0.4 is 0 Å². The Morgan fingerprint density at radius 3 is 1.61 bits per heavy atom. The van der Waals surface area contributed by atoms with E-state index in [0.717, 1.165) is 18.4 Å². The standard InChI is InChI=1S/C7H13NO.C5H10.2C2H6/c1-6(9)7-4-3-5-8(7)2;1-5(2)3-4-5;2*1-2/h7H,3-5H2,1-2H3;3-4H2,1-2H3;2*1-2H3. The zero-order valence-corrected chi connectivity index (χ0v) is 14.0. The Balaban J connectivity index is 0. The third kappa shape index (κ3) is 9.64. The molecule has 0 radical (unpaired) electrons. The Bertz CT molecular complexity index is 205. The number of carbonyl (C=O) groups excluding carboxylic acids is 1. The molecular formula is C16H35NO. The summed E-state index contributed by atoms with van der Waals surface area (Å²) in [5.41, 5.74) is 0.750. The monoisotopic (exact) mass is 257 g/mol. The van der Waals surface area contributed by atoms with Crippen LogP contribution in [0.2, 0.25) is 0 Å². The van der Waals surface area contributed by atoms with Crippen molar-refractivity contribution in [1.82, 2.24) is 4.90 Å². The molecule has 1 saturated heterocycles. The molecule has 0 N–H and O–H groups in total. The van der Waals surface area contributed by atoms with Crippen molar-refractivity contribution < 1.29 is 4.79 Å². The number of likely N-dealkylation sites (N-methyl/N-ethyl adjacent to an activating group) is 1. The fraction of sp³-hybridized carbons (Fsp3) is 0.938. The molecule has 1 unspecified atom stereocenters. The molecule has 0 aromatic carbocycles. The molecule has 2 nitrogen and oxygen atoms in total. The lowest BCUT2D eigenvalue weighted by Gasteiger charge is -2.14. The SMILES string of the molecule is CC.CC.CC(=O)C1CCCN1C.CC1(C)CC1. The van der Waals surface area contributed by atoms with Crippen molar-refractivity contribution in [2.45, 2.75) is 80.2 Å². The van der Waals surface area contributed by atoms with Crippen LogP contribution >= 0.6 is 0 Å². The molecule has 2 rings (SSSR count). The van der Waals surface area contributed by atoms with Crippen LogP contribution in [0, 0.1) is 5.41 Å². The molecule has 0 aromatic heterocycles. The van der Waals surface area contributed by atoms with E-state index < -0.39 is 0 Å². The second-order valence-corrected chi connectivity index (χ2v) is 5.41. The number of rotatable bonds is 1. The zero-order chi connectivity index (χ0) is 14.8. The van der Waals surface area contributed by atoms with Crippen LogP contribution in [0.4, 0.5) is 0 Å². The predicted molar refractivity (Wildman–Crippen MR) is 82.0 cm³/mol. The summed E-state index contributed by atoms with van der Waals surface area (Å²) in [6.07, 6.45) is 5.15. The molecule has 0 amide bonds. The Morgan fingerprint density at radius 1 is 1.11 bits per heavy atom. The summed E-state index contributed by atoms with van der Waals surface area (Å²) in [6.45, 7) is 15.4. The first kappa shape index (κ1) is 20.0. The summed E-state index contributed by atoms with van der Waals surface area (Å²) in [6, 6.07) is 0.227. The molecule has 110 valence electrons. The van der Waals surface area contributed by atoms with Crippen LogP contribution in [0.15, 0.2) is 0 Å². The van der Waals surface area contributed by atoms with E-state index in [1.165, 1.54) is 19.3 Å². The third-order valence-electron chi connectivity index (χ3n) is 3.24. The molecule has 1 atom stereocenters. The average Bonchev–Trinajstić information content (AvgIpc) is 2.88. The van der Waals surface area contributed by atoms with Crippen LogP contribution in [-0.4, -0.2) is 30.3 Å². The fourth-order valence-electron chi connectivity index (χ4n) is 1.67. The molecular weight excluding hydrogens is 222 g/mol. The van der Waals surface area contributed by atoms with Gasteiger partial charge in [0, 0.05) is 0 Å². The van der Waals surface area contributed by atoms with Crippen molar-refractivity contribution >= 4 is 5.78 Å². The molecule has 1 aliphatic heterocycles. The normalized spacial score (nSPS) is 23.4. The minimum Gasteiger partial charge on any atom is -0.298 e. The van der Waals surface area contributed by atoms with Gasteiger partial charge in [-0.3, -0.25) is 9.69 Å². The smallest absolute Gasteiger partial charge is 0.146 e. The van der Waals surface area contributed by atoms with Crippen molar-refractivity contribution in [3.63, 3.8) is 0 Å². The van der Waals surface area contributed by atoms with Gasteiger partial charge >= 0.3 is 0 Å². The van der Waals surface area contributed by atoms with Gasteiger partial charge in [-0.15, -0.1) is 0 Å². The lowest BCUT2D eigenvalue weighted by atomic mass is 10.1. The number of hydrogen-bond acceptors (Lipinski definition) is 2. The fourth-order valence-corrected chi connectivity index (χ4v) is 1.67. The third-order valence-corrected chi connectivity index (χ3v) is 3.24. The Labute approximate surface area is 115 Å². The molecule has 1 heterocycles. The molecule has 18 heavy (non-hydrogen) atoms. The van der Waals surface area contributed by atoms with Gasteiger partial charge in [0.2, 0.25) is 0 Å². The van der Waals surface area contributed by atoms with E-state index in [4.69, 9.17) is 0 Å². The second kappa shape index (κ2) is 10.5. The summed E-state index contributed by atoms with van der Waals surface area (Å²) >= 11 is 0. The number of hydrogen-bond donors (Lipinski definition) is 0. The number of carbonyl (C=O) groups is 1. The van der Waals surface area contributed by atoms with E-state index in [9.17, 15) is 4.79 Å². The lowest BCUT2D eigenvalue weighted by Crippen LogP contribution is -2.30. The Morgan fingerprint density at radius 2 is 1.50 bits per heavy atom. The number of Topliss-reactive ketones (excluding diaryl/α,β-unsaturated/α-hetero) is 1. The quantitative estimate of drug-likeness (QED) is 0.688. The van der Waals surface area contributed by atoms with E-state index in [2.05, 4.69) is 18.7 Å². The Kier molecular flexibility index (Phi) is 11.7. The Hall–Kier alpha value is -0.370. The molecule has 0 spiro atoms. The van der Waals surface area contributed by atoms with Gasteiger partial charge in [0.25, 0.3) is 0 Å². The highest BCUT2D eigenvalue weighted by molar-refractivity contribution is 5.81. The van der Waals surface area contributed by atoms with Gasteiger partial charge in [-0.25, -0.2) is 0 Å². The van der Waals surface area contributed by atoms with Crippen molar-refractivity contribution in [1.29, 1.82) is 0 Å². The highest BCUT2D eigenvalue weighted by Crippen LogP contribution is 2.43. The largest absolute Gasteiger partial charge is 0.298 e. The van der Waals surface area contributed by atoms with Crippen molar-refractivity contribution in [3.05, 3.63) is 0 Å². The molecule has 0 aromatic rings. The second-order valence-electron chi connectivity index (χ2n) is 5.41. The number of ketones is 1. The molecule has 2 fully saturated rings. The first-order chi connectivity index (χ1) is 8.42. The first-order valence-corrected chi connectivity index (χ1v) is 7.63. The summed E-state index contributed by atoms with van der Waals surface area (Å²) in [5.74, 6) is 0.315. The van der Waals surface area contributed by atoms with Gasteiger partial charge in [-0.1, -0.05) is 41.5 Å². The van der Waals surface area contributed by atoms with Gasteiger partial charge in [0.1, 0.15) is 5.78 Å². The average molecular weight is 257 g/mol. The van der Waals surface area contributed by atoms with Crippen LogP contribution in [0.5, 0.6) is 0 Å². The molecule has 1 saturated carbocycles. The van der Waals surface area contributed by atoms with Crippen molar-refractivity contribution in [2.24, 2.45) is 5.41 Å². The van der Waals surface area contributed by atoms with Crippen LogP contribution in [-0.2, 0) is 4.79 Å². The maximum Gasteiger partial charge on any atom is 0.146 e. The number of nitrogens with zero attached hydrogens (tertiary/aromatic N) is 1. The van der Waals surface area contributed by atoms with E-state index in [1.54, 1.807) is 6.92 Å². The molecule has 2 aliphatic rings. The van der Waals surface area contributed by atoms with Gasteiger partial charge in [0.05, 0.1) is 6.04 Å². The van der Waals surface area contributed by atoms with Gasteiger partial charge in [-0.2, -0.15) is 0 Å². The van der Waals surface area contributed by atoms with Crippen LogP contribution in [0.25, 0.3) is 0 Å². The summed E-state index contributed by atoms with van der Waals surface area (Å²) in [4.78, 5) is 12.9. The molecule has 0 bridgehead atoms. The van der Waals surface area contributed by atoms with Crippen LogP contribution in [0.1, 0.15) is 74.1 Å². The van der Waals surface area contributed by atoms with E-state index in [-0.39, 0.29) is 6.04 Å². The maximum absolute atomic E-state index is 10.8. The summed E-state index contributed by atoms with van der Waals surface area (Å²) in [7, 11) is 2.01. The maximum atomic E-state index is 10.8. The van der Waals surface area contributed by atoms with Gasteiger partial charge in [-0.05, 0) is 51.6 Å². The molecule has 2 heteroatoms. The highest BCUT2D eigenvalue weighted by Gasteiger charge is 2.30. The van der Waals surface area contributed by atoms with E-state index in [1.807, 2.05) is 34.7 Å². The summed E-state index contributed by atoms with van der Waals surface area (Å²) < 4.78 is 0. The predicted octanol–water partition coefficient (Wildman–Crippen LogP) is 4.53. The summed E-state index contributed by atoms with van der Waals surface area (Å²) in [5, 5.41) is 0. The lowest BCUT2D eigenvalue weighted by molar-refractivity contribution is -0.120. The van der Waals surface area contributed by atoms with Crippen molar-refractivity contribution in [3.8, 4) is 0 Å². The minimum absolute atomic E-state index is 0.227. The zero-order valence-electron chi connectivity index (χ0n) is 14.0. The molecule has 1 aliphatic carbocycles. The van der Waals surface area contributed by atoms with E-state index in [0.29, 0.717) is 5.78 Å². The van der Waals surface area contributed by atoms with Gasteiger partial charge < -0.3 is 0 Å². The topological polar surface area (TPSA) is 20.3 Å². The first-order valence-electron chi connectivity index (χ1n) is 7.63. The minimum atomic E-state index is 0.227. The van der Waals surface area contributed by atoms with Gasteiger partial charge in [0.15, 0.2) is 0 Å². The number of likely N-dealkylation sites (tertiary alicyclic amines) is 1. The van der Waals surface area contributed by atoms with E-state index >= 15 is 0 Å². The highest BCUT2D eigenvalue weighted by atomic mass is 16.1. The van der Waals surface area contributed by atoms with Crippen molar-refractivity contribution in [2.75, 3.05) is 13.6 Å². The van der Waals surface area contributed by atoms with Crippen LogP contribution in [0.3, 0.4) is 0 Å².